The molecule has 1 aliphatic carbocycles. The lowest BCUT2D eigenvalue weighted by Gasteiger charge is -2.48. The molecule has 2 aromatic rings. The van der Waals surface area contributed by atoms with E-state index in [1.54, 1.807) is 18.5 Å². The summed E-state index contributed by atoms with van der Waals surface area (Å²) in [6.45, 7) is 4.04. The van der Waals surface area contributed by atoms with E-state index in [0.717, 1.165) is 25.1 Å². The molecule has 1 aromatic heterocycles. The Hall–Kier alpha value is -2.76. The third-order valence-electron chi connectivity index (χ3n) is 6.90. The van der Waals surface area contributed by atoms with E-state index in [1.807, 2.05) is 13.0 Å². The number of nitriles is 1. The van der Waals surface area contributed by atoms with E-state index < -0.39 is 6.10 Å². The van der Waals surface area contributed by atoms with Crippen molar-refractivity contribution in [2.75, 3.05) is 24.5 Å². The number of carbonyl (C=O) groups is 1. The lowest BCUT2D eigenvalue weighted by molar-refractivity contribution is -0.138. The predicted molar refractivity (Wildman–Crippen MR) is 117 cm³/mol. The molecule has 31 heavy (non-hydrogen) atoms. The molecule has 3 atom stereocenters. The largest absolute Gasteiger partial charge is 0.364 e. The molecule has 1 saturated carbocycles. The third kappa shape index (κ3) is 3.84. The van der Waals surface area contributed by atoms with Crippen LogP contribution >= 0.6 is 0 Å². The lowest BCUT2D eigenvalue weighted by Crippen LogP contribution is -2.61. The zero-order valence-corrected chi connectivity index (χ0v) is 17.8. The second-order valence-electron chi connectivity index (χ2n) is 9.10. The van der Waals surface area contributed by atoms with Gasteiger partial charge in [-0.1, -0.05) is 0 Å². The summed E-state index contributed by atoms with van der Waals surface area (Å²) in [4.78, 5) is 24.1. The van der Waals surface area contributed by atoms with E-state index in [0.29, 0.717) is 29.7 Å². The summed E-state index contributed by atoms with van der Waals surface area (Å²) >= 11 is 0. The molecule has 3 fully saturated rings. The van der Waals surface area contributed by atoms with Crippen LogP contribution in [0.2, 0.25) is 0 Å². The second kappa shape index (κ2) is 8.06. The normalized spacial score (nSPS) is 27.5. The van der Waals surface area contributed by atoms with Crippen LogP contribution in [0, 0.1) is 11.3 Å². The van der Waals surface area contributed by atoms with Crippen LogP contribution < -0.4 is 15.5 Å². The highest BCUT2D eigenvalue weighted by atomic mass is 16.5. The number of nitrogens with zero attached hydrogens (tertiary/aromatic N) is 4. The van der Waals surface area contributed by atoms with Gasteiger partial charge in [0.1, 0.15) is 17.1 Å². The standard InChI is InChI=1S/C23H28N6O2/c1-15-13-29(18-4-3-16(12-24)20-21(18)26-10-9-25-20)14-19(31-15)22(30)28-17-5-8-27-23(11-17)6-2-7-23/h3-4,9-10,15,17,19,27H,2,5-8,11,13-14H2,1H3,(H,28,30)/t15-,17?,19?/m1/s1. The third-order valence-corrected chi connectivity index (χ3v) is 6.90. The van der Waals surface area contributed by atoms with Crippen molar-refractivity contribution >= 4 is 22.6 Å². The maximum atomic E-state index is 13.1. The molecule has 3 heterocycles. The molecular weight excluding hydrogens is 392 g/mol. The van der Waals surface area contributed by atoms with Gasteiger partial charge in [-0.2, -0.15) is 5.26 Å². The fraction of sp³-hybridized carbons (Fsp3) is 0.565. The lowest BCUT2D eigenvalue weighted by atomic mass is 9.70. The molecule has 0 bridgehead atoms. The monoisotopic (exact) mass is 420 g/mol. The fourth-order valence-corrected chi connectivity index (χ4v) is 5.24. The van der Waals surface area contributed by atoms with Crippen LogP contribution in [0.15, 0.2) is 24.5 Å². The maximum absolute atomic E-state index is 13.1. The van der Waals surface area contributed by atoms with E-state index in [2.05, 4.69) is 31.6 Å². The van der Waals surface area contributed by atoms with Gasteiger partial charge < -0.3 is 20.3 Å². The number of piperidine rings is 1. The summed E-state index contributed by atoms with van der Waals surface area (Å²) in [5.41, 5.74) is 2.88. The van der Waals surface area contributed by atoms with Crippen molar-refractivity contribution in [1.29, 1.82) is 5.26 Å². The van der Waals surface area contributed by atoms with E-state index in [1.165, 1.54) is 19.3 Å². The van der Waals surface area contributed by atoms with Gasteiger partial charge in [-0.15, -0.1) is 0 Å². The summed E-state index contributed by atoms with van der Waals surface area (Å²) in [7, 11) is 0. The van der Waals surface area contributed by atoms with Gasteiger partial charge in [0, 0.05) is 30.5 Å². The van der Waals surface area contributed by atoms with Crippen molar-refractivity contribution in [1.82, 2.24) is 20.6 Å². The number of hydrogen-bond donors (Lipinski definition) is 2. The molecule has 2 N–H and O–H groups in total. The molecular formula is C23H28N6O2. The zero-order valence-electron chi connectivity index (χ0n) is 17.8. The van der Waals surface area contributed by atoms with E-state index >= 15 is 0 Å². The van der Waals surface area contributed by atoms with Crippen molar-refractivity contribution in [3.05, 3.63) is 30.1 Å². The first-order valence-electron chi connectivity index (χ1n) is 11.2. The van der Waals surface area contributed by atoms with E-state index in [4.69, 9.17) is 4.74 Å². The Labute approximate surface area is 182 Å². The molecule has 1 aromatic carbocycles. The Morgan fingerprint density at radius 3 is 2.84 bits per heavy atom. The Morgan fingerprint density at radius 1 is 1.29 bits per heavy atom. The van der Waals surface area contributed by atoms with Crippen LogP contribution in [0.5, 0.6) is 0 Å². The quantitative estimate of drug-likeness (QED) is 0.781. The van der Waals surface area contributed by atoms with Crippen LogP contribution in [-0.4, -0.2) is 59.3 Å². The zero-order chi connectivity index (χ0) is 21.4. The van der Waals surface area contributed by atoms with Gasteiger partial charge in [0.15, 0.2) is 6.10 Å². The van der Waals surface area contributed by atoms with Crippen molar-refractivity contribution < 1.29 is 9.53 Å². The minimum Gasteiger partial charge on any atom is -0.364 e. The Morgan fingerprint density at radius 2 is 2.10 bits per heavy atom. The number of ether oxygens (including phenoxy) is 1. The Bertz CT molecular complexity index is 1030. The van der Waals surface area contributed by atoms with Gasteiger partial charge in [-0.05, 0) is 57.7 Å². The highest BCUT2D eigenvalue weighted by Crippen LogP contribution is 2.38. The van der Waals surface area contributed by atoms with Crippen molar-refractivity contribution in [2.45, 2.75) is 62.8 Å². The smallest absolute Gasteiger partial charge is 0.251 e. The number of carbonyl (C=O) groups excluding carboxylic acids is 1. The summed E-state index contributed by atoms with van der Waals surface area (Å²) in [5.74, 6) is -0.0399. The number of anilines is 1. The Balaban J connectivity index is 1.33. The molecule has 1 spiro atoms. The molecule has 2 unspecified atom stereocenters. The first-order valence-corrected chi connectivity index (χ1v) is 11.2. The fourth-order valence-electron chi connectivity index (χ4n) is 5.24. The van der Waals surface area contributed by atoms with Crippen molar-refractivity contribution in [3.63, 3.8) is 0 Å². The number of nitrogens with one attached hydrogen (secondary N) is 2. The average Bonchev–Trinajstić information content (AvgIpc) is 2.77. The minimum absolute atomic E-state index is 0.0399. The van der Waals surface area contributed by atoms with Gasteiger partial charge in [0.05, 0.1) is 23.9 Å². The molecule has 162 valence electrons. The number of amides is 1. The number of morpholine rings is 1. The topological polar surface area (TPSA) is 103 Å². The molecule has 2 aliphatic heterocycles. The number of rotatable bonds is 3. The van der Waals surface area contributed by atoms with Crippen LogP contribution in [0.25, 0.3) is 11.0 Å². The highest BCUT2D eigenvalue weighted by molar-refractivity contribution is 5.92. The first-order chi connectivity index (χ1) is 15.1. The number of aromatic nitrogens is 2. The number of fused-ring (bicyclic) bond motifs is 1. The molecule has 0 radical (unpaired) electrons. The molecule has 2 saturated heterocycles. The van der Waals surface area contributed by atoms with Crippen molar-refractivity contribution in [2.24, 2.45) is 0 Å². The predicted octanol–water partition coefficient (Wildman–Crippen LogP) is 1.89. The highest BCUT2D eigenvalue weighted by Gasteiger charge is 2.42. The van der Waals surface area contributed by atoms with Crippen LogP contribution in [0.3, 0.4) is 0 Å². The van der Waals surface area contributed by atoms with Gasteiger partial charge >= 0.3 is 0 Å². The summed E-state index contributed by atoms with van der Waals surface area (Å²) in [6, 6.07) is 6.05. The van der Waals surface area contributed by atoms with Gasteiger partial charge in [-0.3, -0.25) is 14.8 Å². The van der Waals surface area contributed by atoms with Crippen LogP contribution in [0.4, 0.5) is 5.69 Å². The summed E-state index contributed by atoms with van der Waals surface area (Å²) in [6.07, 6.45) is 8.22. The van der Waals surface area contributed by atoms with E-state index in [-0.39, 0.29) is 23.6 Å². The summed E-state index contributed by atoms with van der Waals surface area (Å²) < 4.78 is 6.03. The second-order valence-corrected chi connectivity index (χ2v) is 9.10. The maximum Gasteiger partial charge on any atom is 0.251 e. The SMILES string of the molecule is C[C@@H]1CN(c2ccc(C#N)c3nccnc23)CC(C(=O)NC2CCNC3(CCC3)C2)O1. The van der Waals surface area contributed by atoms with Gasteiger partial charge in [0.25, 0.3) is 5.91 Å². The number of hydrogen-bond acceptors (Lipinski definition) is 7. The minimum atomic E-state index is -0.543. The molecule has 8 nitrogen and oxygen atoms in total. The van der Waals surface area contributed by atoms with Gasteiger partial charge in [-0.25, -0.2) is 0 Å². The average molecular weight is 421 g/mol. The first kappa shape index (κ1) is 20.2. The summed E-state index contributed by atoms with van der Waals surface area (Å²) in [5, 5.41) is 16.3. The van der Waals surface area contributed by atoms with Crippen LogP contribution in [-0.2, 0) is 9.53 Å². The van der Waals surface area contributed by atoms with E-state index in [9.17, 15) is 10.1 Å². The molecule has 1 amide bonds. The molecule has 3 aliphatic rings. The van der Waals surface area contributed by atoms with Gasteiger partial charge in [0.2, 0.25) is 0 Å². The van der Waals surface area contributed by atoms with Crippen LogP contribution in [0.1, 0.15) is 44.6 Å². The number of benzene rings is 1. The Kier molecular flexibility index (Phi) is 5.24. The molecule has 8 heteroatoms. The molecule has 5 rings (SSSR count). The van der Waals surface area contributed by atoms with Crippen molar-refractivity contribution in [3.8, 4) is 6.07 Å².